The quantitative estimate of drug-likeness (QED) is 0.778. The third-order valence-corrected chi connectivity index (χ3v) is 2.62. The summed E-state index contributed by atoms with van der Waals surface area (Å²) in [6.07, 6.45) is -0.796. The van der Waals surface area contributed by atoms with Crippen LogP contribution in [0.2, 0.25) is 0 Å². The second kappa shape index (κ2) is 7.49. The number of hydrogen-bond acceptors (Lipinski definition) is 4. The molecule has 0 aliphatic rings. The number of carbonyl (C=O) groups is 2. The Labute approximate surface area is 117 Å². The van der Waals surface area contributed by atoms with Crippen LogP contribution < -0.4 is 10.1 Å². The molecule has 0 aliphatic carbocycles. The highest BCUT2D eigenvalue weighted by molar-refractivity contribution is 5.86. The van der Waals surface area contributed by atoms with E-state index in [1.807, 2.05) is 19.1 Å². The molecule has 0 heterocycles. The summed E-state index contributed by atoms with van der Waals surface area (Å²) in [5, 5.41) is 11.3. The van der Waals surface area contributed by atoms with Crippen LogP contribution in [-0.4, -0.2) is 42.8 Å². The fourth-order valence-corrected chi connectivity index (χ4v) is 1.58. The van der Waals surface area contributed by atoms with Crippen molar-refractivity contribution in [3.63, 3.8) is 0 Å². The molecule has 0 saturated carbocycles. The average Bonchev–Trinajstić information content (AvgIpc) is 2.37. The maximum atomic E-state index is 11.9. The Morgan fingerprint density at radius 3 is 2.65 bits per heavy atom. The summed E-state index contributed by atoms with van der Waals surface area (Å²) < 4.78 is 10.2. The molecule has 1 amide bonds. The zero-order valence-corrected chi connectivity index (χ0v) is 11.8. The van der Waals surface area contributed by atoms with Crippen LogP contribution in [0.1, 0.15) is 12.5 Å². The topological polar surface area (TPSA) is 84.9 Å². The Kier molecular flexibility index (Phi) is 5.99. The molecule has 0 spiro atoms. The zero-order chi connectivity index (χ0) is 15.1. The number of ether oxygens (including phenoxy) is 2. The number of aliphatic carboxylic acids is 1. The minimum atomic E-state index is -1.15. The van der Waals surface area contributed by atoms with Gasteiger partial charge >= 0.3 is 5.97 Å². The molecule has 1 rings (SSSR count). The molecule has 0 bridgehead atoms. The highest BCUT2D eigenvalue weighted by atomic mass is 16.5. The highest BCUT2D eigenvalue weighted by Crippen LogP contribution is 2.14. The van der Waals surface area contributed by atoms with Gasteiger partial charge in [-0.1, -0.05) is 12.1 Å². The van der Waals surface area contributed by atoms with Gasteiger partial charge in [0.15, 0.2) is 12.1 Å². The van der Waals surface area contributed by atoms with Crippen LogP contribution in [0.3, 0.4) is 0 Å². The monoisotopic (exact) mass is 281 g/mol. The van der Waals surface area contributed by atoms with Gasteiger partial charge in [0.05, 0.1) is 6.61 Å². The van der Waals surface area contributed by atoms with E-state index in [4.69, 9.17) is 14.6 Å². The third-order valence-electron chi connectivity index (χ3n) is 2.62. The second-order valence-electron chi connectivity index (χ2n) is 4.43. The fourth-order valence-electron chi connectivity index (χ4n) is 1.58. The Bertz CT molecular complexity index is 474. The van der Waals surface area contributed by atoms with E-state index in [0.717, 1.165) is 5.56 Å². The van der Waals surface area contributed by atoms with Gasteiger partial charge in [0, 0.05) is 7.11 Å². The maximum absolute atomic E-state index is 11.9. The van der Waals surface area contributed by atoms with Crippen molar-refractivity contribution in [1.29, 1.82) is 0 Å². The number of carboxylic acids is 1. The molecule has 0 radical (unpaired) electrons. The summed E-state index contributed by atoms with van der Waals surface area (Å²) in [4.78, 5) is 22.8. The van der Waals surface area contributed by atoms with Crippen LogP contribution in [0.5, 0.6) is 5.75 Å². The van der Waals surface area contributed by atoms with E-state index >= 15 is 0 Å². The number of carboxylic acid groups (broad SMARTS) is 1. The first-order chi connectivity index (χ1) is 9.43. The molecule has 110 valence electrons. The molecule has 0 fully saturated rings. The lowest BCUT2D eigenvalue weighted by Gasteiger charge is -2.18. The number of aryl methyl sites for hydroxylation is 1. The normalized spacial score (nSPS) is 13.3. The van der Waals surface area contributed by atoms with Crippen molar-refractivity contribution in [2.24, 2.45) is 0 Å². The van der Waals surface area contributed by atoms with E-state index in [9.17, 15) is 9.59 Å². The lowest BCUT2D eigenvalue weighted by atomic mass is 10.2. The molecule has 2 unspecified atom stereocenters. The van der Waals surface area contributed by atoms with Gasteiger partial charge in [-0.15, -0.1) is 0 Å². The molecular formula is C14H19NO5. The first-order valence-electron chi connectivity index (χ1n) is 6.19. The van der Waals surface area contributed by atoms with Crippen molar-refractivity contribution in [3.05, 3.63) is 29.8 Å². The first kappa shape index (κ1) is 16.0. The molecule has 1 aromatic carbocycles. The highest BCUT2D eigenvalue weighted by Gasteiger charge is 2.23. The van der Waals surface area contributed by atoms with E-state index in [-0.39, 0.29) is 6.61 Å². The molecule has 0 saturated heterocycles. The van der Waals surface area contributed by atoms with Crippen molar-refractivity contribution in [2.75, 3.05) is 13.7 Å². The average molecular weight is 281 g/mol. The number of methoxy groups -OCH3 is 1. The van der Waals surface area contributed by atoms with E-state index < -0.39 is 24.0 Å². The summed E-state index contributed by atoms with van der Waals surface area (Å²) in [6.45, 7) is 3.37. The minimum absolute atomic E-state index is 0.0990. The number of benzene rings is 1. The number of nitrogens with one attached hydrogen (secondary N) is 1. The molecule has 0 aromatic heterocycles. The van der Waals surface area contributed by atoms with Crippen LogP contribution in [0.25, 0.3) is 0 Å². The predicted octanol–water partition coefficient (Wildman–Crippen LogP) is 0.978. The summed E-state index contributed by atoms with van der Waals surface area (Å²) in [5.41, 5.74) is 1.01. The van der Waals surface area contributed by atoms with Gasteiger partial charge in [-0.05, 0) is 31.5 Å². The summed E-state index contributed by atoms with van der Waals surface area (Å²) in [7, 11) is 1.37. The molecule has 20 heavy (non-hydrogen) atoms. The van der Waals surface area contributed by atoms with Crippen LogP contribution in [-0.2, 0) is 14.3 Å². The smallest absolute Gasteiger partial charge is 0.328 e. The molecule has 0 aliphatic heterocycles. The summed E-state index contributed by atoms with van der Waals surface area (Å²) in [6, 6.07) is 6.18. The molecule has 2 N–H and O–H groups in total. The van der Waals surface area contributed by atoms with Gasteiger partial charge in [0.1, 0.15) is 5.75 Å². The van der Waals surface area contributed by atoms with Gasteiger partial charge < -0.3 is 19.9 Å². The van der Waals surface area contributed by atoms with Crippen molar-refractivity contribution in [1.82, 2.24) is 5.32 Å². The SMILES string of the molecule is COCC(NC(=O)C(C)Oc1cccc(C)c1)C(=O)O. The number of hydrogen-bond donors (Lipinski definition) is 2. The Morgan fingerprint density at radius 2 is 2.10 bits per heavy atom. The molecule has 2 atom stereocenters. The standard InChI is InChI=1S/C14H19NO5/c1-9-5-4-6-11(7-9)20-10(2)13(16)15-12(8-19-3)14(17)18/h4-7,10,12H,8H2,1-3H3,(H,15,16)(H,17,18). The van der Waals surface area contributed by atoms with Crippen LogP contribution >= 0.6 is 0 Å². The molecule has 1 aromatic rings. The number of amides is 1. The Hall–Kier alpha value is -2.08. The van der Waals surface area contributed by atoms with Crippen LogP contribution in [0, 0.1) is 6.92 Å². The largest absolute Gasteiger partial charge is 0.481 e. The lowest BCUT2D eigenvalue weighted by Crippen LogP contribution is -2.48. The van der Waals surface area contributed by atoms with E-state index in [0.29, 0.717) is 5.75 Å². The van der Waals surface area contributed by atoms with Gasteiger partial charge in [-0.2, -0.15) is 0 Å². The Morgan fingerprint density at radius 1 is 1.40 bits per heavy atom. The lowest BCUT2D eigenvalue weighted by molar-refractivity contribution is -0.144. The van der Waals surface area contributed by atoms with Crippen LogP contribution in [0.15, 0.2) is 24.3 Å². The predicted molar refractivity (Wildman–Crippen MR) is 72.7 cm³/mol. The molecule has 6 nitrogen and oxygen atoms in total. The van der Waals surface area contributed by atoms with Gasteiger partial charge in [-0.3, -0.25) is 4.79 Å². The summed E-state index contributed by atoms with van der Waals surface area (Å²) in [5.74, 6) is -1.09. The third kappa shape index (κ3) is 4.89. The minimum Gasteiger partial charge on any atom is -0.481 e. The first-order valence-corrected chi connectivity index (χ1v) is 6.19. The zero-order valence-electron chi connectivity index (χ0n) is 11.8. The van der Waals surface area contributed by atoms with E-state index in [1.165, 1.54) is 7.11 Å². The van der Waals surface area contributed by atoms with Crippen LogP contribution in [0.4, 0.5) is 0 Å². The maximum Gasteiger partial charge on any atom is 0.328 e. The van der Waals surface area contributed by atoms with Crippen molar-refractivity contribution in [2.45, 2.75) is 26.0 Å². The molecular weight excluding hydrogens is 262 g/mol. The van der Waals surface area contributed by atoms with Gasteiger partial charge in [0.2, 0.25) is 0 Å². The van der Waals surface area contributed by atoms with Crippen molar-refractivity contribution >= 4 is 11.9 Å². The summed E-state index contributed by atoms with van der Waals surface area (Å²) >= 11 is 0. The Balaban J connectivity index is 2.60. The fraction of sp³-hybridized carbons (Fsp3) is 0.429. The number of rotatable bonds is 7. The second-order valence-corrected chi connectivity index (χ2v) is 4.43. The van der Waals surface area contributed by atoms with E-state index in [1.54, 1.807) is 19.1 Å². The van der Waals surface area contributed by atoms with Gasteiger partial charge in [0.25, 0.3) is 5.91 Å². The van der Waals surface area contributed by atoms with E-state index in [2.05, 4.69) is 5.32 Å². The number of carbonyl (C=O) groups excluding carboxylic acids is 1. The molecule has 6 heteroatoms. The van der Waals surface area contributed by atoms with Crippen molar-refractivity contribution in [3.8, 4) is 5.75 Å². The van der Waals surface area contributed by atoms with Gasteiger partial charge in [-0.25, -0.2) is 4.79 Å². The van der Waals surface area contributed by atoms with Crippen molar-refractivity contribution < 1.29 is 24.2 Å².